The Bertz CT molecular complexity index is 1150. The smallest absolute Gasteiger partial charge is 0.278 e. The summed E-state index contributed by atoms with van der Waals surface area (Å²) in [6.45, 7) is 1.44. The molecule has 1 aromatic heterocycles. The van der Waals surface area contributed by atoms with Crippen LogP contribution >= 0.6 is 0 Å². The van der Waals surface area contributed by atoms with Crippen molar-refractivity contribution in [1.29, 1.82) is 0 Å². The van der Waals surface area contributed by atoms with Crippen molar-refractivity contribution in [3.05, 3.63) is 72.1 Å². The summed E-state index contributed by atoms with van der Waals surface area (Å²) >= 11 is 0. The average Bonchev–Trinajstić information content (AvgIpc) is 3.30. The summed E-state index contributed by atoms with van der Waals surface area (Å²) < 4.78 is 0. The Morgan fingerprint density at radius 2 is 1.94 bits per heavy atom. The number of carbonyl (C=O) groups excluding carboxylic acids is 2. The number of amides is 2. The van der Waals surface area contributed by atoms with Gasteiger partial charge in [0.2, 0.25) is 0 Å². The number of para-hydroxylation sites is 1. The second kappa shape index (κ2) is 9.15. The maximum atomic E-state index is 13.0. The number of likely N-dealkylation sites (N-methyl/N-ethyl adjacent to an activating group) is 1. The predicted octanol–water partition coefficient (Wildman–Crippen LogP) is 3.49. The number of carbonyl (C=O) groups is 2. The van der Waals surface area contributed by atoms with E-state index in [1.165, 1.54) is 6.20 Å². The van der Waals surface area contributed by atoms with E-state index in [4.69, 9.17) is 5.73 Å². The molecule has 0 unspecified atom stereocenters. The number of hydrogen-bond donors (Lipinski definition) is 2. The fourth-order valence-corrected chi connectivity index (χ4v) is 3.76. The quantitative estimate of drug-likeness (QED) is 0.634. The van der Waals surface area contributed by atoms with Gasteiger partial charge in [0.25, 0.3) is 11.8 Å². The Balaban J connectivity index is 0.00000204. The fraction of sp³-hybridized carbons (Fsp3) is 0.250. The van der Waals surface area contributed by atoms with Gasteiger partial charge in [-0.2, -0.15) is 0 Å². The number of rotatable bonds is 5. The van der Waals surface area contributed by atoms with Gasteiger partial charge >= 0.3 is 0 Å². The van der Waals surface area contributed by atoms with E-state index >= 15 is 0 Å². The molecule has 170 valence electrons. The topological polar surface area (TPSA) is 104 Å². The molecule has 0 aliphatic carbocycles. The zero-order chi connectivity index (χ0) is 22.7. The van der Waals surface area contributed by atoms with Crippen molar-refractivity contribution < 1.29 is 13.9 Å². The number of nitrogens with one attached hydrogen (secondary N) is 1. The van der Waals surface area contributed by atoms with Crippen molar-refractivity contribution in [1.82, 2.24) is 19.8 Å². The molecule has 8 nitrogen and oxygen atoms in total. The van der Waals surface area contributed by atoms with Gasteiger partial charge in [-0.3, -0.25) is 9.59 Å². The molecule has 3 N–H and O–H groups in total. The lowest BCUT2D eigenvalue weighted by Gasteiger charge is -2.20. The summed E-state index contributed by atoms with van der Waals surface area (Å²) in [5, 5.41) is 2.77. The number of hydrogen-bond acceptors (Lipinski definition) is 6. The van der Waals surface area contributed by atoms with Crippen LogP contribution in [0.4, 0.5) is 11.5 Å². The largest absolute Gasteiger partial charge is 0.382 e. The summed E-state index contributed by atoms with van der Waals surface area (Å²) in [6.07, 6.45) is 2.47. The van der Waals surface area contributed by atoms with E-state index in [0.29, 0.717) is 35.1 Å². The van der Waals surface area contributed by atoms with E-state index in [1.54, 1.807) is 24.3 Å². The van der Waals surface area contributed by atoms with Crippen molar-refractivity contribution >= 4 is 23.3 Å². The van der Waals surface area contributed by atoms with Gasteiger partial charge in [0, 0.05) is 40.2 Å². The number of benzene rings is 2. The van der Waals surface area contributed by atoms with E-state index in [0.717, 1.165) is 13.0 Å². The van der Waals surface area contributed by atoms with Crippen LogP contribution in [0.2, 0.25) is 0 Å². The van der Waals surface area contributed by atoms with Crippen LogP contribution in [0, 0.1) is 0 Å². The molecule has 8 heteroatoms. The highest BCUT2D eigenvalue weighted by Crippen LogP contribution is 2.23. The minimum atomic E-state index is -0.443. The summed E-state index contributed by atoms with van der Waals surface area (Å²) in [4.78, 5) is 38.3. The Hall–Kier alpha value is -3.78. The lowest BCUT2D eigenvalue weighted by Crippen LogP contribution is -2.34. The first-order chi connectivity index (χ1) is 15.4. The number of likely N-dealkylation sites (tertiary alicyclic amines) is 1. The minimum Gasteiger partial charge on any atom is -0.382 e. The fourth-order valence-electron chi connectivity index (χ4n) is 3.76. The van der Waals surface area contributed by atoms with Crippen LogP contribution in [0.15, 0.2) is 60.8 Å². The van der Waals surface area contributed by atoms with Crippen LogP contribution in [0.3, 0.4) is 0 Å². The molecular formula is C24H32N6O2. The monoisotopic (exact) mass is 436 g/mol. The van der Waals surface area contributed by atoms with Crippen LogP contribution in [-0.4, -0.2) is 64.8 Å². The van der Waals surface area contributed by atoms with Gasteiger partial charge in [0.05, 0.1) is 11.9 Å². The van der Waals surface area contributed by atoms with E-state index in [2.05, 4.69) is 20.2 Å². The van der Waals surface area contributed by atoms with Crippen LogP contribution in [0.25, 0.3) is 11.3 Å². The molecule has 1 fully saturated rings. The molecule has 0 spiro atoms. The van der Waals surface area contributed by atoms with Gasteiger partial charge in [-0.15, -0.1) is 0 Å². The van der Waals surface area contributed by atoms with Crippen molar-refractivity contribution in [2.75, 3.05) is 38.2 Å². The predicted molar refractivity (Wildman–Crippen MR) is 131 cm³/mol. The van der Waals surface area contributed by atoms with Crippen molar-refractivity contribution in [2.24, 2.45) is 0 Å². The molecule has 4 rings (SSSR count). The van der Waals surface area contributed by atoms with E-state index < -0.39 is 5.91 Å². The van der Waals surface area contributed by atoms with Crippen LogP contribution < -0.4 is 11.1 Å². The molecule has 0 saturated carbocycles. The van der Waals surface area contributed by atoms with Crippen LogP contribution in [-0.2, 0) is 0 Å². The normalized spacial score (nSPS) is 15.7. The Kier molecular flexibility index (Phi) is 6.13. The van der Waals surface area contributed by atoms with Crippen molar-refractivity contribution in [2.45, 2.75) is 12.5 Å². The van der Waals surface area contributed by atoms with E-state index in [1.807, 2.05) is 49.3 Å². The van der Waals surface area contributed by atoms with Gasteiger partial charge in [-0.1, -0.05) is 30.3 Å². The third-order valence-corrected chi connectivity index (χ3v) is 5.63. The molecule has 0 radical (unpaired) electrons. The molecule has 32 heavy (non-hydrogen) atoms. The first kappa shape index (κ1) is 21.5. The third kappa shape index (κ3) is 4.60. The average molecular weight is 437 g/mol. The van der Waals surface area contributed by atoms with Crippen molar-refractivity contribution in [3.63, 3.8) is 0 Å². The molecule has 1 aliphatic rings. The number of aromatic nitrogens is 2. The summed E-state index contributed by atoms with van der Waals surface area (Å²) in [5.74, 6) is -0.412. The molecule has 1 aliphatic heterocycles. The van der Waals surface area contributed by atoms with Crippen molar-refractivity contribution in [3.8, 4) is 11.3 Å². The van der Waals surface area contributed by atoms with Gasteiger partial charge < -0.3 is 20.9 Å². The number of anilines is 2. The molecule has 2 heterocycles. The Labute approximate surface area is 191 Å². The highest BCUT2D eigenvalue weighted by Gasteiger charge is 2.28. The standard InChI is InChI=1S/C24H26N6O2.3H2/c1-29(2)19-11-12-30(15-19)24(32)17-8-6-7-16(13-17)20-14-26-22(25)21(28-20)23(31)27-18-9-4-3-5-10-18;;;/h3-10,13-14,19H,11-12,15H2,1-2H3,(H2,25,26)(H,27,31);3*1H/t19-;;;/m1.../s1. The van der Waals surface area contributed by atoms with Gasteiger partial charge in [0.1, 0.15) is 0 Å². The first-order valence-electron chi connectivity index (χ1n) is 10.5. The van der Waals surface area contributed by atoms with Gasteiger partial charge in [-0.25, -0.2) is 9.97 Å². The SMILES string of the molecule is CN(C)[C@@H]1CCN(C(=O)c2cccc(-c3cnc(N)c(C(=O)Nc4ccccc4)n3)c2)C1.[HH].[HH].[HH]. The Morgan fingerprint density at radius 1 is 1.16 bits per heavy atom. The summed E-state index contributed by atoms with van der Waals surface area (Å²) in [7, 11) is 4.06. The minimum absolute atomic E-state index is 0. The number of nitrogens with zero attached hydrogens (tertiary/aromatic N) is 4. The maximum Gasteiger partial charge on any atom is 0.278 e. The summed E-state index contributed by atoms with van der Waals surface area (Å²) in [6, 6.07) is 16.7. The van der Waals surface area contributed by atoms with Gasteiger partial charge in [-0.05, 0) is 44.8 Å². The lowest BCUT2D eigenvalue weighted by atomic mass is 10.1. The highest BCUT2D eigenvalue weighted by molar-refractivity contribution is 6.06. The first-order valence-corrected chi connectivity index (χ1v) is 10.5. The summed E-state index contributed by atoms with van der Waals surface area (Å²) in [5.41, 5.74) is 8.34. The zero-order valence-electron chi connectivity index (χ0n) is 18.2. The van der Waals surface area contributed by atoms with E-state index in [9.17, 15) is 9.59 Å². The van der Waals surface area contributed by atoms with Gasteiger partial charge in [0.15, 0.2) is 11.5 Å². The molecule has 0 bridgehead atoms. The second-order valence-electron chi connectivity index (χ2n) is 8.05. The molecule has 2 aromatic carbocycles. The van der Waals surface area contributed by atoms with Crippen LogP contribution in [0.1, 0.15) is 31.5 Å². The number of nitrogen functional groups attached to an aromatic ring is 1. The molecule has 1 saturated heterocycles. The molecular weight excluding hydrogens is 404 g/mol. The molecule has 1 atom stereocenters. The zero-order valence-corrected chi connectivity index (χ0v) is 18.2. The maximum absolute atomic E-state index is 13.0. The molecule has 3 aromatic rings. The Morgan fingerprint density at radius 3 is 2.66 bits per heavy atom. The lowest BCUT2D eigenvalue weighted by molar-refractivity contribution is 0.0783. The highest BCUT2D eigenvalue weighted by atomic mass is 16.2. The second-order valence-corrected chi connectivity index (χ2v) is 8.05. The van der Waals surface area contributed by atoms with Crippen LogP contribution in [0.5, 0.6) is 0 Å². The third-order valence-electron chi connectivity index (χ3n) is 5.63. The number of nitrogens with two attached hydrogens (primary N) is 1. The van der Waals surface area contributed by atoms with E-state index in [-0.39, 0.29) is 21.7 Å². The molecule has 2 amide bonds.